The van der Waals surface area contributed by atoms with Crippen LogP contribution in [-0.2, 0) is 0 Å². The van der Waals surface area contributed by atoms with Gasteiger partial charge in [0.2, 0.25) is 0 Å². The summed E-state index contributed by atoms with van der Waals surface area (Å²) in [5.74, 6) is -0.280. The monoisotopic (exact) mass is 331 g/mol. The number of nitrogens with two attached hydrogens (primary N) is 1. The summed E-state index contributed by atoms with van der Waals surface area (Å²) in [6.45, 7) is 3.80. The summed E-state index contributed by atoms with van der Waals surface area (Å²) in [7, 11) is 0. The van der Waals surface area contributed by atoms with Gasteiger partial charge in [-0.25, -0.2) is 9.07 Å². The van der Waals surface area contributed by atoms with Gasteiger partial charge in [0.15, 0.2) is 0 Å². The maximum atomic E-state index is 13.5. The zero-order valence-electron chi connectivity index (χ0n) is 8.96. The average Bonchev–Trinajstić information content (AvgIpc) is 2.51. The van der Waals surface area contributed by atoms with E-state index in [1.807, 2.05) is 42.5 Å². The van der Waals surface area contributed by atoms with Gasteiger partial charge < -0.3 is 5.73 Å². The minimum Gasteiger partial charge on any atom is -0.397 e. The molecule has 1 heterocycles. The first kappa shape index (κ1) is 11.4. The highest BCUT2D eigenvalue weighted by Gasteiger charge is 2.10. The summed E-state index contributed by atoms with van der Waals surface area (Å²) >= 11 is 1.92. The molecule has 0 amide bonds. The van der Waals surface area contributed by atoms with E-state index in [2.05, 4.69) is 5.10 Å². The molecule has 1 aromatic heterocycles. The number of halogens is 2. The van der Waals surface area contributed by atoms with E-state index in [1.54, 1.807) is 10.7 Å². The summed E-state index contributed by atoms with van der Waals surface area (Å²) in [5, 5.41) is 4.28. The Morgan fingerprint density at radius 3 is 2.56 bits per heavy atom. The first-order chi connectivity index (χ1) is 7.49. The van der Waals surface area contributed by atoms with Gasteiger partial charge in [-0.15, -0.1) is 0 Å². The molecule has 0 atom stereocenters. The van der Waals surface area contributed by atoms with Gasteiger partial charge in [-0.2, -0.15) is 5.10 Å². The van der Waals surface area contributed by atoms with Gasteiger partial charge >= 0.3 is 0 Å². The van der Waals surface area contributed by atoms with Crippen molar-refractivity contribution >= 4 is 28.3 Å². The summed E-state index contributed by atoms with van der Waals surface area (Å²) in [6, 6.07) is 4.95. The quantitative estimate of drug-likeness (QED) is 0.645. The first-order valence-electron chi connectivity index (χ1n) is 4.77. The number of nitrogens with zero attached hydrogens (tertiary/aromatic N) is 2. The highest BCUT2D eigenvalue weighted by Crippen LogP contribution is 2.23. The van der Waals surface area contributed by atoms with Crippen molar-refractivity contribution in [1.82, 2.24) is 9.78 Å². The normalized spacial score (nSPS) is 10.8. The molecule has 0 radical (unpaired) electrons. The molecule has 0 spiro atoms. The van der Waals surface area contributed by atoms with Crippen LogP contribution in [0.25, 0.3) is 5.69 Å². The number of hydrogen-bond acceptors (Lipinski definition) is 2. The van der Waals surface area contributed by atoms with Crippen LogP contribution in [0.5, 0.6) is 0 Å². The molecule has 84 valence electrons. The molecular weight excluding hydrogens is 320 g/mol. The Labute approximate surface area is 107 Å². The van der Waals surface area contributed by atoms with Crippen LogP contribution in [0.1, 0.15) is 11.4 Å². The molecule has 2 aromatic rings. The molecule has 0 aliphatic carbocycles. The molecule has 0 aliphatic heterocycles. The summed E-state index contributed by atoms with van der Waals surface area (Å²) in [5.41, 5.74) is 8.80. The fourth-order valence-corrected chi connectivity index (χ4v) is 2.10. The van der Waals surface area contributed by atoms with Crippen molar-refractivity contribution in [1.29, 1.82) is 0 Å². The van der Waals surface area contributed by atoms with Crippen molar-refractivity contribution in [3.8, 4) is 5.69 Å². The van der Waals surface area contributed by atoms with E-state index in [0.29, 0.717) is 14.9 Å². The third-order valence-electron chi connectivity index (χ3n) is 2.31. The van der Waals surface area contributed by atoms with Crippen LogP contribution in [0, 0.1) is 23.2 Å². The van der Waals surface area contributed by atoms with Crippen molar-refractivity contribution in [2.45, 2.75) is 13.8 Å². The molecule has 0 unspecified atom stereocenters. The second kappa shape index (κ2) is 4.04. The summed E-state index contributed by atoms with van der Waals surface area (Å²) < 4.78 is 15.7. The van der Waals surface area contributed by atoms with E-state index < -0.39 is 0 Å². The third kappa shape index (κ3) is 1.91. The average molecular weight is 331 g/mol. The lowest BCUT2D eigenvalue weighted by molar-refractivity contribution is 0.618. The number of aromatic nitrogens is 2. The highest BCUT2D eigenvalue weighted by molar-refractivity contribution is 14.1. The molecule has 0 saturated heterocycles. The van der Waals surface area contributed by atoms with E-state index in [1.165, 1.54) is 6.07 Å². The number of anilines is 1. The van der Waals surface area contributed by atoms with Gasteiger partial charge in [0.1, 0.15) is 5.82 Å². The Balaban J connectivity index is 2.64. The lowest BCUT2D eigenvalue weighted by Gasteiger charge is -2.09. The van der Waals surface area contributed by atoms with Gasteiger partial charge in [-0.3, -0.25) is 0 Å². The molecule has 0 aliphatic rings. The van der Waals surface area contributed by atoms with Crippen molar-refractivity contribution in [3.63, 3.8) is 0 Å². The van der Waals surface area contributed by atoms with Gasteiger partial charge in [0.25, 0.3) is 0 Å². The second-order valence-corrected chi connectivity index (χ2v) is 4.83. The summed E-state index contributed by atoms with van der Waals surface area (Å²) in [6.07, 6.45) is 0. The van der Waals surface area contributed by atoms with Crippen LogP contribution >= 0.6 is 22.6 Å². The van der Waals surface area contributed by atoms with Crippen molar-refractivity contribution < 1.29 is 4.39 Å². The maximum Gasteiger partial charge on any atom is 0.138 e. The number of hydrogen-bond donors (Lipinski definition) is 1. The van der Waals surface area contributed by atoms with Crippen LogP contribution in [-0.4, -0.2) is 9.78 Å². The zero-order chi connectivity index (χ0) is 11.9. The maximum absolute atomic E-state index is 13.5. The Bertz CT molecular complexity index is 548. The number of aryl methyl sites for hydroxylation is 2. The first-order valence-corrected chi connectivity index (χ1v) is 5.85. The highest BCUT2D eigenvalue weighted by atomic mass is 127. The van der Waals surface area contributed by atoms with Crippen molar-refractivity contribution in [2.24, 2.45) is 0 Å². The predicted octanol–water partition coefficient (Wildman–Crippen LogP) is 2.82. The predicted molar refractivity (Wildman–Crippen MR) is 70.1 cm³/mol. The van der Waals surface area contributed by atoms with Crippen LogP contribution in [0.4, 0.5) is 10.1 Å². The molecule has 0 bridgehead atoms. The van der Waals surface area contributed by atoms with Crippen molar-refractivity contribution in [3.05, 3.63) is 39.0 Å². The molecular formula is C11H11FIN3. The lowest BCUT2D eigenvalue weighted by Crippen LogP contribution is -2.05. The molecule has 2 N–H and O–H groups in total. The number of nitrogen functional groups attached to an aromatic ring is 1. The molecule has 2 rings (SSSR count). The van der Waals surface area contributed by atoms with Gasteiger partial charge in [0.05, 0.1) is 20.6 Å². The van der Waals surface area contributed by atoms with E-state index >= 15 is 0 Å². The van der Waals surface area contributed by atoms with E-state index in [0.717, 1.165) is 11.4 Å². The second-order valence-electron chi connectivity index (χ2n) is 3.66. The minimum atomic E-state index is -0.280. The minimum absolute atomic E-state index is 0.280. The zero-order valence-corrected chi connectivity index (χ0v) is 11.1. The molecule has 0 fully saturated rings. The third-order valence-corrected chi connectivity index (χ3v) is 3.13. The van der Waals surface area contributed by atoms with Crippen LogP contribution in [0.3, 0.4) is 0 Å². The Morgan fingerprint density at radius 2 is 2.00 bits per heavy atom. The van der Waals surface area contributed by atoms with Gasteiger partial charge in [0, 0.05) is 11.8 Å². The molecule has 3 nitrogen and oxygen atoms in total. The topological polar surface area (TPSA) is 43.8 Å². The van der Waals surface area contributed by atoms with E-state index in [4.69, 9.17) is 5.73 Å². The van der Waals surface area contributed by atoms with Crippen LogP contribution in [0.2, 0.25) is 0 Å². The standard InChI is InChI=1S/C11H11FIN3/c1-6-3-7(2)16(15-6)11-4-8(12)9(13)5-10(11)14/h3-5H,14H2,1-2H3. The Kier molecular flexibility index (Phi) is 2.88. The van der Waals surface area contributed by atoms with Gasteiger partial charge in [-0.1, -0.05) is 0 Å². The molecule has 5 heteroatoms. The van der Waals surface area contributed by atoms with E-state index in [9.17, 15) is 4.39 Å². The summed E-state index contributed by atoms with van der Waals surface area (Å²) in [4.78, 5) is 0. The Hall–Kier alpha value is -1.11. The van der Waals surface area contributed by atoms with E-state index in [-0.39, 0.29) is 5.82 Å². The van der Waals surface area contributed by atoms with Crippen LogP contribution in [0.15, 0.2) is 18.2 Å². The van der Waals surface area contributed by atoms with Crippen LogP contribution < -0.4 is 5.73 Å². The fourth-order valence-electron chi connectivity index (χ4n) is 1.61. The lowest BCUT2D eigenvalue weighted by atomic mass is 10.2. The number of rotatable bonds is 1. The molecule has 1 aromatic carbocycles. The smallest absolute Gasteiger partial charge is 0.138 e. The SMILES string of the molecule is Cc1cc(C)n(-c2cc(F)c(I)cc2N)n1. The van der Waals surface area contributed by atoms with Crippen molar-refractivity contribution in [2.75, 3.05) is 5.73 Å². The van der Waals surface area contributed by atoms with Gasteiger partial charge in [-0.05, 0) is 48.6 Å². The molecule has 16 heavy (non-hydrogen) atoms. The molecule has 0 saturated carbocycles. The Morgan fingerprint density at radius 1 is 1.31 bits per heavy atom. The largest absolute Gasteiger partial charge is 0.397 e. The number of benzene rings is 1. The fraction of sp³-hybridized carbons (Fsp3) is 0.182.